The maximum atomic E-state index is 5.04. The quantitative estimate of drug-likeness (QED) is 0.392. The molecule has 2 aromatic carbocycles. The number of hydrogen-bond acceptors (Lipinski definition) is 2. The number of rotatable bonds is 5. The molecule has 0 aliphatic carbocycles. The van der Waals surface area contributed by atoms with E-state index in [0.717, 1.165) is 11.5 Å². The minimum Gasteiger partial charge on any atom is -0.297 e. The van der Waals surface area contributed by atoms with Gasteiger partial charge in [-0.1, -0.05) is 23.8 Å². The van der Waals surface area contributed by atoms with Crippen molar-refractivity contribution in [1.29, 1.82) is 0 Å². The first kappa shape index (κ1) is 21.0. The van der Waals surface area contributed by atoms with E-state index in [0.29, 0.717) is 0 Å². The molecule has 0 fully saturated rings. The smallest absolute Gasteiger partial charge is 0.150 e. The zero-order valence-corrected chi connectivity index (χ0v) is 18.4. The second kappa shape index (κ2) is 8.60. The van der Waals surface area contributed by atoms with E-state index in [1.54, 1.807) is 0 Å². The lowest BCUT2D eigenvalue weighted by Gasteiger charge is -2.33. The molecule has 2 rings (SSSR count). The largest absolute Gasteiger partial charge is 0.297 e. The lowest BCUT2D eigenvalue weighted by atomic mass is 9.98. The molecule has 0 heterocycles. The van der Waals surface area contributed by atoms with Crippen LogP contribution in [0.3, 0.4) is 0 Å². The highest BCUT2D eigenvalue weighted by Crippen LogP contribution is 2.23. The zero-order chi connectivity index (χ0) is 20.3. The van der Waals surface area contributed by atoms with Crippen LogP contribution in [-0.2, 0) is 0 Å². The standard InChI is InChI=1S/C24H35N3/c1-15(2)25-24(23-20(8)11-19(7)12-21(23)9)27(16(3)4)26-22-13-17(5)10-18(6)14-22/h10-16,26H,1-9H3. The lowest BCUT2D eigenvalue weighted by Crippen LogP contribution is -2.43. The molecule has 0 aromatic heterocycles. The first-order valence-electron chi connectivity index (χ1n) is 9.88. The van der Waals surface area contributed by atoms with Gasteiger partial charge in [-0.15, -0.1) is 0 Å². The topological polar surface area (TPSA) is 27.6 Å². The lowest BCUT2D eigenvalue weighted by molar-refractivity contribution is 0.408. The summed E-state index contributed by atoms with van der Waals surface area (Å²) in [5, 5.41) is 2.21. The van der Waals surface area contributed by atoms with Gasteiger partial charge >= 0.3 is 0 Å². The maximum Gasteiger partial charge on any atom is 0.150 e. The van der Waals surface area contributed by atoms with E-state index in [2.05, 4.69) is 103 Å². The van der Waals surface area contributed by atoms with Crippen LogP contribution in [0, 0.1) is 34.6 Å². The van der Waals surface area contributed by atoms with E-state index in [9.17, 15) is 0 Å². The Hall–Kier alpha value is -2.29. The van der Waals surface area contributed by atoms with Gasteiger partial charge in [0, 0.05) is 17.6 Å². The normalized spacial score (nSPS) is 12.0. The fourth-order valence-electron chi connectivity index (χ4n) is 3.63. The predicted octanol–water partition coefficient (Wildman–Crippen LogP) is 6.12. The first-order chi connectivity index (χ1) is 12.6. The Morgan fingerprint density at radius 3 is 1.70 bits per heavy atom. The maximum absolute atomic E-state index is 5.04. The van der Waals surface area contributed by atoms with Crippen molar-refractivity contribution in [3.05, 3.63) is 63.7 Å². The molecule has 1 N–H and O–H groups in total. The third kappa shape index (κ3) is 5.35. The second-order valence-electron chi connectivity index (χ2n) is 8.27. The summed E-state index contributed by atoms with van der Waals surface area (Å²) < 4.78 is 0. The second-order valence-corrected chi connectivity index (χ2v) is 8.27. The number of aliphatic imine (C=N–C) groups is 1. The number of amidine groups is 1. The van der Waals surface area contributed by atoms with Crippen molar-refractivity contribution in [1.82, 2.24) is 5.01 Å². The highest BCUT2D eigenvalue weighted by Gasteiger charge is 2.21. The molecular formula is C24H35N3. The monoisotopic (exact) mass is 365 g/mol. The molecule has 0 unspecified atom stereocenters. The van der Waals surface area contributed by atoms with Crippen molar-refractivity contribution in [2.75, 3.05) is 5.43 Å². The van der Waals surface area contributed by atoms with Crippen LogP contribution >= 0.6 is 0 Å². The molecule has 0 amide bonds. The van der Waals surface area contributed by atoms with Crippen molar-refractivity contribution in [3.63, 3.8) is 0 Å². The van der Waals surface area contributed by atoms with Gasteiger partial charge in [0.15, 0.2) is 5.84 Å². The molecule has 146 valence electrons. The Labute approximate surface area is 165 Å². The fraction of sp³-hybridized carbons (Fsp3) is 0.458. The summed E-state index contributed by atoms with van der Waals surface area (Å²) in [5.74, 6) is 1.01. The highest BCUT2D eigenvalue weighted by atomic mass is 15.5. The Morgan fingerprint density at radius 2 is 1.26 bits per heavy atom. The highest BCUT2D eigenvalue weighted by molar-refractivity contribution is 6.02. The fourth-order valence-corrected chi connectivity index (χ4v) is 3.63. The van der Waals surface area contributed by atoms with Gasteiger partial charge < -0.3 is 0 Å². The summed E-state index contributed by atoms with van der Waals surface area (Å²) in [6, 6.07) is 11.5. The van der Waals surface area contributed by atoms with Gasteiger partial charge in [-0.25, -0.2) is 0 Å². The number of anilines is 1. The number of benzene rings is 2. The third-order valence-electron chi connectivity index (χ3n) is 4.50. The van der Waals surface area contributed by atoms with Crippen LogP contribution in [0.25, 0.3) is 0 Å². The van der Waals surface area contributed by atoms with E-state index in [-0.39, 0.29) is 12.1 Å². The van der Waals surface area contributed by atoms with Crippen molar-refractivity contribution in [2.24, 2.45) is 4.99 Å². The van der Waals surface area contributed by atoms with Gasteiger partial charge in [-0.3, -0.25) is 15.4 Å². The van der Waals surface area contributed by atoms with Crippen molar-refractivity contribution in [2.45, 2.75) is 74.4 Å². The molecule has 3 heteroatoms. The molecule has 0 saturated carbocycles. The van der Waals surface area contributed by atoms with E-state index in [1.807, 2.05) is 0 Å². The molecular weight excluding hydrogens is 330 g/mol. The molecule has 27 heavy (non-hydrogen) atoms. The average molecular weight is 366 g/mol. The van der Waals surface area contributed by atoms with E-state index < -0.39 is 0 Å². The van der Waals surface area contributed by atoms with Crippen LogP contribution in [0.5, 0.6) is 0 Å². The Kier molecular flexibility index (Phi) is 6.69. The van der Waals surface area contributed by atoms with Crippen LogP contribution < -0.4 is 5.43 Å². The molecule has 0 saturated heterocycles. The van der Waals surface area contributed by atoms with Gasteiger partial charge in [-0.2, -0.15) is 0 Å². The van der Waals surface area contributed by atoms with Crippen LogP contribution in [-0.4, -0.2) is 22.9 Å². The van der Waals surface area contributed by atoms with Gasteiger partial charge in [0.05, 0.1) is 5.69 Å². The van der Waals surface area contributed by atoms with Crippen molar-refractivity contribution >= 4 is 11.5 Å². The number of nitrogens with zero attached hydrogens (tertiary/aromatic N) is 2. The van der Waals surface area contributed by atoms with Crippen molar-refractivity contribution < 1.29 is 0 Å². The van der Waals surface area contributed by atoms with Crippen LogP contribution in [0.15, 0.2) is 35.3 Å². The summed E-state index contributed by atoms with van der Waals surface area (Å²) >= 11 is 0. The Morgan fingerprint density at radius 1 is 0.778 bits per heavy atom. The van der Waals surface area contributed by atoms with Gasteiger partial charge in [0.25, 0.3) is 0 Å². The van der Waals surface area contributed by atoms with Gasteiger partial charge in [-0.05, 0) is 96.7 Å². The molecule has 3 nitrogen and oxygen atoms in total. The summed E-state index contributed by atoms with van der Waals surface area (Å²) in [7, 11) is 0. The first-order valence-corrected chi connectivity index (χ1v) is 9.88. The number of hydrazine groups is 1. The summed E-state index contributed by atoms with van der Waals surface area (Å²) in [4.78, 5) is 5.04. The van der Waals surface area contributed by atoms with E-state index in [1.165, 1.54) is 33.4 Å². The molecule has 0 bridgehead atoms. The molecule has 2 aromatic rings. The van der Waals surface area contributed by atoms with Crippen LogP contribution in [0.4, 0.5) is 5.69 Å². The molecule has 0 aliphatic heterocycles. The minimum absolute atomic E-state index is 0.211. The predicted molar refractivity (Wildman–Crippen MR) is 119 cm³/mol. The summed E-state index contributed by atoms with van der Waals surface area (Å²) in [5.41, 5.74) is 12.3. The molecule has 0 spiro atoms. The molecule has 0 aliphatic rings. The molecule has 0 atom stereocenters. The van der Waals surface area contributed by atoms with Crippen LogP contribution in [0.2, 0.25) is 0 Å². The van der Waals surface area contributed by atoms with E-state index >= 15 is 0 Å². The molecule has 0 radical (unpaired) electrons. The summed E-state index contributed by atoms with van der Waals surface area (Å²) in [6.07, 6.45) is 0. The zero-order valence-electron chi connectivity index (χ0n) is 18.4. The summed E-state index contributed by atoms with van der Waals surface area (Å²) in [6.45, 7) is 19.4. The SMILES string of the molecule is Cc1cc(C)cc(NN(C(=NC(C)C)c2c(C)cc(C)cc2C)C(C)C)c1. The Balaban J connectivity index is 2.58. The third-order valence-corrected chi connectivity index (χ3v) is 4.50. The van der Waals surface area contributed by atoms with Crippen molar-refractivity contribution in [3.8, 4) is 0 Å². The van der Waals surface area contributed by atoms with Crippen LogP contribution in [0.1, 0.15) is 61.1 Å². The average Bonchev–Trinajstić information content (AvgIpc) is 2.49. The van der Waals surface area contributed by atoms with Gasteiger partial charge in [0.2, 0.25) is 0 Å². The minimum atomic E-state index is 0.211. The number of hydrogen-bond donors (Lipinski definition) is 1. The number of nitrogens with one attached hydrogen (secondary N) is 1. The van der Waals surface area contributed by atoms with E-state index in [4.69, 9.17) is 4.99 Å². The van der Waals surface area contributed by atoms with Gasteiger partial charge in [0.1, 0.15) is 0 Å². The Bertz CT molecular complexity index is 788. The number of aryl methyl sites for hydroxylation is 5.